The first kappa shape index (κ1) is 19.2. The molecule has 1 N–H and O–H groups in total. The van der Waals surface area contributed by atoms with Gasteiger partial charge < -0.3 is 0 Å². The number of para-hydroxylation sites is 1. The molecule has 0 bridgehead atoms. The van der Waals surface area contributed by atoms with Gasteiger partial charge in [-0.25, -0.2) is 0 Å². The average molecular weight is 495 g/mol. The van der Waals surface area contributed by atoms with Gasteiger partial charge in [-0.3, -0.25) is 0 Å². The van der Waals surface area contributed by atoms with Crippen molar-refractivity contribution < 1.29 is 0 Å². The first-order chi connectivity index (χ1) is 13.6. The van der Waals surface area contributed by atoms with Crippen LogP contribution in [-0.4, -0.2) is 0 Å². The predicted molar refractivity (Wildman–Crippen MR) is 134 cm³/mol. The van der Waals surface area contributed by atoms with E-state index in [0.717, 1.165) is 5.69 Å². The van der Waals surface area contributed by atoms with Crippen molar-refractivity contribution in [1.82, 2.24) is 0 Å². The first-order valence-corrected chi connectivity index (χ1v) is 14.4. The van der Waals surface area contributed by atoms with Crippen molar-refractivity contribution in [2.75, 3.05) is 5.09 Å². The standard InChI is InChI=1S/C25H23INP/c1-21-13-11-12-20-25(21)28(26,23-16-7-3-8-17-23,24-18-9-4-10-19-24)27-22-14-5-2-6-15-22/h2-20,27H,1H3. The third-order valence-electron chi connectivity index (χ3n) is 5.16. The van der Waals surface area contributed by atoms with E-state index >= 15 is 0 Å². The van der Waals surface area contributed by atoms with Crippen LogP contribution in [0.25, 0.3) is 0 Å². The van der Waals surface area contributed by atoms with Crippen molar-refractivity contribution in [3.05, 3.63) is 121 Å². The van der Waals surface area contributed by atoms with Gasteiger partial charge in [-0.2, -0.15) is 0 Å². The van der Waals surface area contributed by atoms with Crippen molar-refractivity contribution in [3.8, 4) is 0 Å². The molecule has 0 aromatic heterocycles. The summed E-state index contributed by atoms with van der Waals surface area (Å²) in [7, 11) is 0. The molecule has 4 rings (SSSR count). The summed E-state index contributed by atoms with van der Waals surface area (Å²) in [5, 5.41) is 8.07. The normalized spacial score (nSPS) is 12.7. The Bertz CT molecular complexity index is 1030. The summed E-state index contributed by atoms with van der Waals surface area (Å²) < 4.78 is -3.01. The zero-order valence-electron chi connectivity index (χ0n) is 15.8. The molecule has 140 valence electrons. The molecule has 0 atom stereocenters. The van der Waals surface area contributed by atoms with Gasteiger partial charge in [0.1, 0.15) is 0 Å². The zero-order valence-corrected chi connectivity index (χ0v) is 18.8. The van der Waals surface area contributed by atoms with E-state index in [1.165, 1.54) is 21.5 Å². The molecule has 0 unspecified atom stereocenters. The second-order valence-corrected chi connectivity index (χ2v) is 16.5. The van der Waals surface area contributed by atoms with Crippen LogP contribution < -0.4 is 21.0 Å². The molecule has 4 aromatic rings. The van der Waals surface area contributed by atoms with E-state index in [-0.39, 0.29) is 0 Å². The Labute approximate surface area is 180 Å². The topological polar surface area (TPSA) is 12.0 Å². The molecule has 0 aliphatic carbocycles. The molecule has 3 heteroatoms. The molecule has 0 spiro atoms. The van der Waals surface area contributed by atoms with Crippen molar-refractivity contribution in [2.45, 2.75) is 6.92 Å². The van der Waals surface area contributed by atoms with E-state index in [4.69, 9.17) is 0 Å². The molecular formula is C25H23INP. The number of benzene rings is 4. The molecule has 1 nitrogen and oxygen atoms in total. The summed E-state index contributed by atoms with van der Waals surface area (Å²) in [5.41, 5.74) is 2.43. The number of anilines is 1. The van der Waals surface area contributed by atoms with Crippen LogP contribution in [0.15, 0.2) is 115 Å². The quantitative estimate of drug-likeness (QED) is 0.257. The van der Waals surface area contributed by atoms with Crippen LogP contribution >= 0.6 is 26.4 Å². The molecule has 0 radical (unpaired) electrons. The number of rotatable bonds is 5. The fourth-order valence-corrected chi connectivity index (χ4v) is 12.6. The number of hydrogen-bond acceptors (Lipinski definition) is 1. The molecule has 0 aliphatic heterocycles. The summed E-state index contributed by atoms with van der Waals surface area (Å²) in [6.45, 7) is 2.22. The van der Waals surface area contributed by atoms with Crippen LogP contribution in [0, 0.1) is 6.92 Å². The van der Waals surface area contributed by atoms with Gasteiger partial charge in [0.2, 0.25) is 0 Å². The number of aryl methyl sites for hydroxylation is 1. The summed E-state index contributed by atoms with van der Waals surface area (Å²) in [6.07, 6.45) is 0. The zero-order chi connectivity index (χ0) is 19.5. The fourth-order valence-electron chi connectivity index (χ4n) is 3.82. The molecule has 0 saturated heterocycles. The Morgan fingerprint density at radius 2 is 1.00 bits per heavy atom. The Morgan fingerprint density at radius 3 is 1.50 bits per heavy atom. The Hall–Kier alpha value is -2.16. The summed E-state index contributed by atoms with van der Waals surface area (Å²) in [4.78, 5) is 0. The summed E-state index contributed by atoms with van der Waals surface area (Å²) >= 11 is 2.75. The fraction of sp³-hybridized carbons (Fsp3) is 0.0400. The van der Waals surface area contributed by atoms with Crippen molar-refractivity contribution >= 4 is 48.0 Å². The summed E-state index contributed by atoms with van der Waals surface area (Å²) in [6, 6.07) is 41.1. The minimum absolute atomic E-state index is 1.13. The molecule has 28 heavy (non-hydrogen) atoms. The third-order valence-corrected chi connectivity index (χ3v) is 15.4. The van der Waals surface area contributed by atoms with E-state index in [2.05, 4.69) is 149 Å². The van der Waals surface area contributed by atoms with Crippen molar-refractivity contribution in [1.29, 1.82) is 0 Å². The SMILES string of the molecule is Cc1ccccc1P(I)(Nc1ccccc1)(c1ccccc1)c1ccccc1. The number of hydrogen-bond donors (Lipinski definition) is 1. The van der Waals surface area contributed by atoms with E-state index in [0.29, 0.717) is 0 Å². The second-order valence-electron chi connectivity index (χ2n) is 6.94. The minimum atomic E-state index is -3.01. The number of halogens is 1. The van der Waals surface area contributed by atoms with E-state index < -0.39 is 4.40 Å². The first-order valence-electron chi connectivity index (χ1n) is 9.37. The molecule has 4 aromatic carbocycles. The van der Waals surface area contributed by atoms with Crippen molar-refractivity contribution in [2.24, 2.45) is 0 Å². The van der Waals surface area contributed by atoms with Gasteiger partial charge in [-0.1, -0.05) is 0 Å². The van der Waals surface area contributed by atoms with Gasteiger partial charge in [0.15, 0.2) is 0 Å². The van der Waals surface area contributed by atoms with Gasteiger partial charge in [0.05, 0.1) is 0 Å². The van der Waals surface area contributed by atoms with Gasteiger partial charge in [-0.15, -0.1) is 0 Å². The van der Waals surface area contributed by atoms with Crippen LogP contribution in [0.1, 0.15) is 5.56 Å². The van der Waals surface area contributed by atoms with Gasteiger partial charge in [0, 0.05) is 0 Å². The monoisotopic (exact) mass is 495 g/mol. The molecule has 0 aliphatic rings. The Kier molecular flexibility index (Phi) is 5.27. The molecule has 0 amide bonds. The second kappa shape index (κ2) is 7.69. The van der Waals surface area contributed by atoms with Crippen LogP contribution in [0.4, 0.5) is 5.69 Å². The molecular weight excluding hydrogens is 472 g/mol. The Balaban J connectivity index is 2.13. The maximum atomic E-state index is 4.08. The average Bonchev–Trinajstić information content (AvgIpc) is 2.76. The predicted octanol–water partition coefficient (Wildman–Crippen LogP) is 6.20. The van der Waals surface area contributed by atoms with Gasteiger partial charge >= 0.3 is 181 Å². The van der Waals surface area contributed by atoms with E-state index in [1.807, 2.05) is 0 Å². The molecule has 0 heterocycles. The van der Waals surface area contributed by atoms with E-state index in [1.54, 1.807) is 0 Å². The van der Waals surface area contributed by atoms with Crippen LogP contribution in [-0.2, 0) is 0 Å². The third kappa shape index (κ3) is 3.15. The van der Waals surface area contributed by atoms with Gasteiger partial charge in [-0.05, 0) is 0 Å². The van der Waals surface area contributed by atoms with E-state index in [9.17, 15) is 0 Å². The van der Waals surface area contributed by atoms with Crippen LogP contribution in [0.2, 0.25) is 0 Å². The maximum absolute atomic E-state index is 4.08. The van der Waals surface area contributed by atoms with Crippen LogP contribution in [0.3, 0.4) is 0 Å². The summed E-state index contributed by atoms with van der Waals surface area (Å²) in [5.74, 6) is 0. The molecule has 0 saturated carbocycles. The van der Waals surface area contributed by atoms with Crippen LogP contribution in [0.5, 0.6) is 0 Å². The van der Waals surface area contributed by atoms with Gasteiger partial charge in [0.25, 0.3) is 0 Å². The molecule has 0 fully saturated rings. The Morgan fingerprint density at radius 1 is 0.571 bits per heavy atom. The number of nitrogens with one attached hydrogen (secondary N) is 1. The van der Waals surface area contributed by atoms with Crippen molar-refractivity contribution in [3.63, 3.8) is 0 Å².